The van der Waals surface area contributed by atoms with Crippen LogP contribution in [0.5, 0.6) is 0 Å². The number of nitrogens with zero attached hydrogens (tertiary/aromatic N) is 1. The topological polar surface area (TPSA) is 24.9 Å². The normalized spacial score (nSPS) is 18.8. The predicted molar refractivity (Wildman–Crippen MR) is 86.0 cm³/mol. The molecule has 2 aromatic rings. The van der Waals surface area contributed by atoms with E-state index in [0.29, 0.717) is 12.0 Å². The fourth-order valence-corrected chi connectivity index (χ4v) is 3.69. The molecule has 20 heavy (non-hydrogen) atoms. The van der Waals surface area contributed by atoms with E-state index in [4.69, 9.17) is 0 Å². The van der Waals surface area contributed by atoms with E-state index in [1.807, 2.05) is 12.4 Å². The van der Waals surface area contributed by atoms with Crippen LogP contribution in [0.1, 0.15) is 29.0 Å². The summed E-state index contributed by atoms with van der Waals surface area (Å²) in [5.74, 6) is 0.607. The van der Waals surface area contributed by atoms with E-state index < -0.39 is 0 Å². The molecule has 0 amide bonds. The van der Waals surface area contributed by atoms with E-state index in [0.717, 1.165) is 10.9 Å². The fraction of sp³-hybridized carbons (Fsp3) is 0.353. The number of rotatable bonds is 4. The van der Waals surface area contributed by atoms with Gasteiger partial charge in [-0.25, -0.2) is 0 Å². The number of nitrogens with one attached hydrogen (secondary N) is 1. The third-order valence-corrected chi connectivity index (χ3v) is 4.69. The van der Waals surface area contributed by atoms with Gasteiger partial charge in [0.2, 0.25) is 0 Å². The highest BCUT2D eigenvalue weighted by Gasteiger charge is 2.28. The van der Waals surface area contributed by atoms with Crippen LogP contribution < -0.4 is 5.32 Å². The van der Waals surface area contributed by atoms with Gasteiger partial charge in [-0.2, -0.15) is 0 Å². The van der Waals surface area contributed by atoms with E-state index in [1.54, 1.807) is 0 Å². The first-order valence-corrected chi connectivity index (χ1v) is 7.91. The lowest BCUT2D eigenvalue weighted by Crippen LogP contribution is -2.33. The molecule has 2 nitrogen and oxygen atoms in total. The Morgan fingerprint density at radius 1 is 1.35 bits per heavy atom. The Balaban J connectivity index is 1.81. The first-order chi connectivity index (χ1) is 9.78. The molecule has 2 unspecified atom stereocenters. The van der Waals surface area contributed by atoms with Crippen LogP contribution in [0.25, 0.3) is 0 Å². The van der Waals surface area contributed by atoms with Crippen molar-refractivity contribution in [2.24, 2.45) is 0 Å². The number of likely N-dealkylation sites (N-methyl/N-ethyl adjacent to an activating group) is 1. The smallest absolute Gasteiger partial charge is 0.0410 e. The molecule has 3 rings (SSSR count). The van der Waals surface area contributed by atoms with Gasteiger partial charge in [0, 0.05) is 28.8 Å². The summed E-state index contributed by atoms with van der Waals surface area (Å²) in [5.41, 5.74) is 4.32. The highest BCUT2D eigenvalue weighted by molar-refractivity contribution is 9.10. The van der Waals surface area contributed by atoms with Crippen molar-refractivity contribution in [3.63, 3.8) is 0 Å². The third-order valence-electron chi connectivity index (χ3n) is 4.25. The molecule has 0 aliphatic heterocycles. The molecule has 1 aromatic heterocycles. The molecular formula is C17H19BrN2. The lowest BCUT2D eigenvalue weighted by molar-refractivity contribution is 0.456. The number of hydrogen-bond donors (Lipinski definition) is 1. The summed E-state index contributed by atoms with van der Waals surface area (Å²) in [6, 6.07) is 11.5. The van der Waals surface area contributed by atoms with Crippen LogP contribution in [0.15, 0.2) is 47.2 Å². The maximum Gasteiger partial charge on any atom is 0.0410 e. The van der Waals surface area contributed by atoms with Crippen LogP contribution in [-0.2, 0) is 12.8 Å². The predicted octanol–water partition coefficient (Wildman–Crippen LogP) is 3.70. The highest BCUT2D eigenvalue weighted by atomic mass is 79.9. The van der Waals surface area contributed by atoms with Gasteiger partial charge >= 0.3 is 0 Å². The van der Waals surface area contributed by atoms with Crippen molar-refractivity contribution in [2.45, 2.75) is 31.2 Å². The molecule has 1 heterocycles. The molecule has 1 aliphatic carbocycles. The molecule has 1 aromatic carbocycles. The van der Waals surface area contributed by atoms with Crippen molar-refractivity contribution in [3.8, 4) is 0 Å². The minimum atomic E-state index is 0.467. The molecule has 104 valence electrons. The molecule has 2 atom stereocenters. The van der Waals surface area contributed by atoms with Crippen LogP contribution in [-0.4, -0.2) is 18.1 Å². The van der Waals surface area contributed by atoms with Gasteiger partial charge in [-0.1, -0.05) is 24.3 Å². The van der Waals surface area contributed by atoms with Crippen molar-refractivity contribution < 1.29 is 0 Å². The van der Waals surface area contributed by atoms with E-state index in [9.17, 15) is 0 Å². The summed E-state index contributed by atoms with van der Waals surface area (Å²) < 4.78 is 1.05. The molecule has 1 aliphatic rings. The molecular weight excluding hydrogens is 312 g/mol. The van der Waals surface area contributed by atoms with E-state index in [-0.39, 0.29) is 0 Å². The van der Waals surface area contributed by atoms with Gasteiger partial charge in [0.25, 0.3) is 0 Å². The number of hydrogen-bond acceptors (Lipinski definition) is 2. The second kappa shape index (κ2) is 6.06. The Hall–Kier alpha value is -1.19. The van der Waals surface area contributed by atoms with Crippen LogP contribution in [0.3, 0.4) is 0 Å². The van der Waals surface area contributed by atoms with Gasteiger partial charge < -0.3 is 5.32 Å². The number of pyridine rings is 1. The molecule has 0 saturated heterocycles. The van der Waals surface area contributed by atoms with Crippen molar-refractivity contribution in [1.82, 2.24) is 10.3 Å². The minimum Gasteiger partial charge on any atom is -0.316 e. The zero-order valence-electron chi connectivity index (χ0n) is 11.6. The monoisotopic (exact) mass is 330 g/mol. The van der Waals surface area contributed by atoms with Gasteiger partial charge in [0.15, 0.2) is 0 Å². The van der Waals surface area contributed by atoms with E-state index in [1.165, 1.54) is 29.5 Å². The van der Waals surface area contributed by atoms with E-state index in [2.05, 4.69) is 63.6 Å². The Kier molecular flexibility index (Phi) is 4.18. The summed E-state index contributed by atoms with van der Waals surface area (Å²) in [7, 11) is 2.07. The minimum absolute atomic E-state index is 0.467. The largest absolute Gasteiger partial charge is 0.316 e. The average Bonchev–Trinajstić information content (AvgIpc) is 2.89. The number of halogens is 1. The molecule has 0 bridgehead atoms. The van der Waals surface area contributed by atoms with Crippen molar-refractivity contribution in [3.05, 3.63) is 63.9 Å². The van der Waals surface area contributed by atoms with Gasteiger partial charge in [0.1, 0.15) is 0 Å². The molecule has 1 N–H and O–H groups in total. The SMILES string of the molecule is CNC(Cc1cncc(Br)c1)C1CCc2ccccc21. The van der Waals surface area contributed by atoms with Crippen LogP contribution in [0, 0.1) is 0 Å². The molecule has 0 fully saturated rings. The Bertz CT molecular complexity index is 597. The van der Waals surface area contributed by atoms with E-state index >= 15 is 0 Å². The Labute approximate surface area is 128 Å². The lowest BCUT2D eigenvalue weighted by Gasteiger charge is -2.24. The first-order valence-electron chi connectivity index (χ1n) is 7.12. The number of aryl methyl sites for hydroxylation is 1. The van der Waals surface area contributed by atoms with Gasteiger partial charge in [-0.3, -0.25) is 4.98 Å². The second-order valence-electron chi connectivity index (χ2n) is 5.45. The second-order valence-corrected chi connectivity index (χ2v) is 6.37. The third kappa shape index (κ3) is 2.79. The summed E-state index contributed by atoms with van der Waals surface area (Å²) in [4.78, 5) is 4.27. The Morgan fingerprint density at radius 3 is 3.00 bits per heavy atom. The summed E-state index contributed by atoms with van der Waals surface area (Å²) >= 11 is 3.50. The highest BCUT2D eigenvalue weighted by Crippen LogP contribution is 2.36. The Morgan fingerprint density at radius 2 is 2.20 bits per heavy atom. The molecule has 0 spiro atoms. The summed E-state index contributed by atoms with van der Waals surface area (Å²) in [6.07, 6.45) is 7.27. The number of aromatic nitrogens is 1. The van der Waals surface area contributed by atoms with Crippen molar-refractivity contribution >= 4 is 15.9 Å². The van der Waals surface area contributed by atoms with Crippen LogP contribution in [0.2, 0.25) is 0 Å². The van der Waals surface area contributed by atoms with Gasteiger partial charge in [-0.05, 0) is 65.0 Å². The fourth-order valence-electron chi connectivity index (χ4n) is 3.27. The number of benzene rings is 1. The lowest BCUT2D eigenvalue weighted by atomic mass is 9.89. The molecule has 3 heteroatoms. The van der Waals surface area contributed by atoms with Crippen LogP contribution in [0.4, 0.5) is 0 Å². The molecule has 0 saturated carbocycles. The van der Waals surface area contributed by atoms with Crippen molar-refractivity contribution in [2.75, 3.05) is 7.05 Å². The van der Waals surface area contributed by atoms with Gasteiger partial charge in [0.05, 0.1) is 0 Å². The van der Waals surface area contributed by atoms with Crippen molar-refractivity contribution in [1.29, 1.82) is 0 Å². The zero-order chi connectivity index (χ0) is 13.9. The molecule has 0 radical (unpaired) electrons. The standard InChI is InChI=1S/C17H19BrN2/c1-19-17(9-12-8-14(18)11-20-10-12)16-7-6-13-4-2-3-5-15(13)16/h2-5,8,10-11,16-17,19H,6-7,9H2,1H3. The maximum absolute atomic E-state index is 4.27. The zero-order valence-corrected chi connectivity index (χ0v) is 13.2. The summed E-state index contributed by atoms with van der Waals surface area (Å²) in [5, 5.41) is 3.51. The quantitative estimate of drug-likeness (QED) is 0.924. The number of fused-ring (bicyclic) bond motifs is 1. The van der Waals surface area contributed by atoms with Gasteiger partial charge in [-0.15, -0.1) is 0 Å². The first kappa shape index (κ1) is 13.8. The van der Waals surface area contributed by atoms with Crippen LogP contribution >= 0.6 is 15.9 Å². The summed E-state index contributed by atoms with van der Waals surface area (Å²) in [6.45, 7) is 0. The maximum atomic E-state index is 4.27. The average molecular weight is 331 g/mol.